The molecule has 0 unspecified atom stereocenters. The predicted octanol–water partition coefficient (Wildman–Crippen LogP) is 1.65. The number of carbonyl (C=O) groups is 1. The molecule has 1 aromatic rings. The van der Waals surface area contributed by atoms with Crippen LogP contribution in [0.5, 0.6) is 0 Å². The number of nitrogens with zero attached hydrogens (tertiary/aromatic N) is 2. The van der Waals surface area contributed by atoms with Crippen LogP contribution in [0.2, 0.25) is 0 Å². The lowest BCUT2D eigenvalue weighted by Gasteiger charge is -2.19. The summed E-state index contributed by atoms with van der Waals surface area (Å²) in [5, 5.41) is 3.63. The van der Waals surface area contributed by atoms with E-state index in [1.165, 1.54) is 0 Å². The van der Waals surface area contributed by atoms with E-state index in [9.17, 15) is 4.79 Å². The lowest BCUT2D eigenvalue weighted by molar-refractivity contribution is -0.154. The third kappa shape index (κ3) is 4.58. The maximum Gasteiger partial charge on any atom is 0.306 e. The maximum atomic E-state index is 11.3. The highest BCUT2D eigenvalue weighted by Crippen LogP contribution is 2.09. The summed E-state index contributed by atoms with van der Waals surface area (Å²) in [6, 6.07) is 0. The number of hydrogen-bond donors (Lipinski definition) is 0. The Morgan fingerprint density at radius 3 is 2.60 bits per heavy atom. The van der Waals surface area contributed by atoms with E-state index >= 15 is 0 Å². The highest BCUT2D eigenvalue weighted by atomic mass is 16.6. The van der Waals surface area contributed by atoms with Crippen LogP contribution in [0.4, 0.5) is 0 Å². The largest absolute Gasteiger partial charge is 0.460 e. The highest BCUT2D eigenvalue weighted by Gasteiger charge is 2.16. The standard InChI is InChI=1S/C10H16N2O3/c1-7-11-8(15-12-7)5-6-9(13)14-10(2,3)4/h5-6H2,1-4H3. The van der Waals surface area contributed by atoms with Gasteiger partial charge in [0.15, 0.2) is 5.82 Å². The molecule has 0 amide bonds. The second-order valence-electron chi connectivity index (χ2n) is 4.32. The molecule has 15 heavy (non-hydrogen) atoms. The van der Waals surface area contributed by atoms with Gasteiger partial charge in [-0.05, 0) is 27.7 Å². The smallest absolute Gasteiger partial charge is 0.306 e. The fraction of sp³-hybridized carbons (Fsp3) is 0.700. The molecule has 0 saturated carbocycles. The van der Waals surface area contributed by atoms with Gasteiger partial charge in [-0.3, -0.25) is 4.79 Å². The molecule has 0 atom stereocenters. The van der Waals surface area contributed by atoms with Gasteiger partial charge in [0.25, 0.3) is 0 Å². The molecule has 0 fully saturated rings. The van der Waals surface area contributed by atoms with Crippen LogP contribution >= 0.6 is 0 Å². The Hall–Kier alpha value is -1.39. The molecule has 1 aromatic heterocycles. The number of aryl methyl sites for hydroxylation is 2. The molecule has 0 radical (unpaired) electrons. The second kappa shape index (κ2) is 4.42. The van der Waals surface area contributed by atoms with Crippen molar-refractivity contribution < 1.29 is 14.1 Å². The molecule has 0 aliphatic carbocycles. The number of ether oxygens (including phenoxy) is 1. The molecule has 5 heteroatoms. The lowest BCUT2D eigenvalue weighted by Crippen LogP contribution is -2.24. The molecule has 0 spiro atoms. The van der Waals surface area contributed by atoms with Crippen molar-refractivity contribution >= 4 is 5.97 Å². The first kappa shape index (κ1) is 11.7. The van der Waals surface area contributed by atoms with Crippen LogP contribution in [0.25, 0.3) is 0 Å². The quantitative estimate of drug-likeness (QED) is 0.713. The minimum Gasteiger partial charge on any atom is -0.460 e. The topological polar surface area (TPSA) is 65.2 Å². The zero-order valence-electron chi connectivity index (χ0n) is 9.53. The van der Waals surface area contributed by atoms with E-state index in [4.69, 9.17) is 9.26 Å². The van der Waals surface area contributed by atoms with E-state index in [1.807, 2.05) is 20.8 Å². The molecule has 0 saturated heterocycles. The first-order valence-corrected chi connectivity index (χ1v) is 4.88. The van der Waals surface area contributed by atoms with Gasteiger partial charge in [-0.1, -0.05) is 5.16 Å². The van der Waals surface area contributed by atoms with E-state index in [1.54, 1.807) is 6.92 Å². The van der Waals surface area contributed by atoms with Crippen LogP contribution < -0.4 is 0 Å². The van der Waals surface area contributed by atoms with Gasteiger partial charge in [0, 0.05) is 6.42 Å². The summed E-state index contributed by atoms with van der Waals surface area (Å²) in [6.45, 7) is 7.24. The molecule has 0 aromatic carbocycles. The van der Waals surface area contributed by atoms with Gasteiger partial charge in [-0.25, -0.2) is 0 Å². The van der Waals surface area contributed by atoms with Crippen LogP contribution in [-0.2, 0) is 16.0 Å². The van der Waals surface area contributed by atoms with E-state index in [0.29, 0.717) is 18.1 Å². The molecule has 84 valence electrons. The Bertz CT molecular complexity index is 339. The third-order valence-electron chi connectivity index (χ3n) is 1.53. The van der Waals surface area contributed by atoms with Crippen LogP contribution in [0.3, 0.4) is 0 Å². The fourth-order valence-corrected chi connectivity index (χ4v) is 1.04. The average Bonchev–Trinajstić information content (AvgIpc) is 2.45. The summed E-state index contributed by atoms with van der Waals surface area (Å²) in [5.41, 5.74) is -0.443. The number of carbonyl (C=O) groups excluding carboxylic acids is 1. The highest BCUT2D eigenvalue weighted by molar-refractivity contribution is 5.70. The van der Waals surface area contributed by atoms with E-state index < -0.39 is 5.60 Å². The van der Waals surface area contributed by atoms with Crippen LogP contribution in [-0.4, -0.2) is 21.7 Å². The van der Waals surface area contributed by atoms with Crippen molar-refractivity contribution in [1.29, 1.82) is 0 Å². The SMILES string of the molecule is Cc1noc(CCC(=O)OC(C)(C)C)n1. The monoisotopic (exact) mass is 212 g/mol. The second-order valence-corrected chi connectivity index (χ2v) is 4.32. The van der Waals surface area contributed by atoms with Crippen LogP contribution in [0.1, 0.15) is 38.9 Å². The molecule has 0 aliphatic heterocycles. The van der Waals surface area contributed by atoms with Gasteiger partial charge >= 0.3 is 5.97 Å². The molecule has 0 bridgehead atoms. The van der Waals surface area contributed by atoms with Crippen LogP contribution in [0, 0.1) is 6.92 Å². The van der Waals surface area contributed by atoms with E-state index in [-0.39, 0.29) is 12.4 Å². The summed E-state index contributed by atoms with van der Waals surface area (Å²) in [7, 11) is 0. The normalized spacial score (nSPS) is 11.5. The number of hydrogen-bond acceptors (Lipinski definition) is 5. The number of aromatic nitrogens is 2. The molecule has 1 rings (SSSR count). The Morgan fingerprint density at radius 2 is 2.13 bits per heavy atom. The van der Waals surface area contributed by atoms with Crippen molar-refractivity contribution in [2.45, 2.75) is 46.1 Å². The molecule has 0 aliphatic rings. The Balaban J connectivity index is 2.35. The maximum absolute atomic E-state index is 11.3. The van der Waals surface area contributed by atoms with Crippen molar-refractivity contribution in [2.75, 3.05) is 0 Å². The summed E-state index contributed by atoms with van der Waals surface area (Å²) >= 11 is 0. The zero-order valence-corrected chi connectivity index (χ0v) is 9.53. The van der Waals surface area contributed by atoms with Crippen LogP contribution in [0.15, 0.2) is 4.52 Å². The Morgan fingerprint density at radius 1 is 1.47 bits per heavy atom. The van der Waals surface area contributed by atoms with Crippen molar-refractivity contribution in [1.82, 2.24) is 10.1 Å². The minimum absolute atomic E-state index is 0.252. The van der Waals surface area contributed by atoms with E-state index in [2.05, 4.69) is 10.1 Å². The average molecular weight is 212 g/mol. The summed E-state index contributed by atoms with van der Waals surface area (Å²) in [5.74, 6) is 0.797. The first-order valence-electron chi connectivity index (χ1n) is 4.88. The summed E-state index contributed by atoms with van der Waals surface area (Å²) in [6.07, 6.45) is 0.689. The molecule has 1 heterocycles. The molecule has 5 nitrogen and oxygen atoms in total. The van der Waals surface area contributed by atoms with Crippen molar-refractivity contribution in [3.8, 4) is 0 Å². The summed E-state index contributed by atoms with van der Waals surface area (Å²) in [4.78, 5) is 15.3. The van der Waals surface area contributed by atoms with Crippen molar-refractivity contribution in [3.63, 3.8) is 0 Å². The number of esters is 1. The number of rotatable bonds is 3. The first-order chi connectivity index (χ1) is 6.87. The molecular formula is C10H16N2O3. The van der Waals surface area contributed by atoms with Gasteiger partial charge in [-0.15, -0.1) is 0 Å². The van der Waals surface area contributed by atoms with Crippen molar-refractivity contribution in [2.24, 2.45) is 0 Å². The Kier molecular flexibility index (Phi) is 3.44. The van der Waals surface area contributed by atoms with Gasteiger partial charge in [0.1, 0.15) is 5.60 Å². The molecule has 0 N–H and O–H groups in total. The van der Waals surface area contributed by atoms with Gasteiger partial charge in [-0.2, -0.15) is 4.98 Å². The summed E-state index contributed by atoms with van der Waals surface area (Å²) < 4.78 is 10.0. The molecular weight excluding hydrogens is 196 g/mol. The van der Waals surface area contributed by atoms with Gasteiger partial charge in [0.05, 0.1) is 6.42 Å². The Labute approximate surface area is 88.8 Å². The third-order valence-corrected chi connectivity index (χ3v) is 1.53. The van der Waals surface area contributed by atoms with Gasteiger partial charge < -0.3 is 9.26 Å². The van der Waals surface area contributed by atoms with E-state index in [0.717, 1.165) is 0 Å². The lowest BCUT2D eigenvalue weighted by atomic mass is 10.2. The zero-order chi connectivity index (χ0) is 11.5. The predicted molar refractivity (Wildman–Crippen MR) is 53.2 cm³/mol. The van der Waals surface area contributed by atoms with Crippen molar-refractivity contribution in [3.05, 3.63) is 11.7 Å². The minimum atomic E-state index is -0.443. The fourth-order valence-electron chi connectivity index (χ4n) is 1.04. The van der Waals surface area contributed by atoms with Gasteiger partial charge in [0.2, 0.25) is 5.89 Å².